The molecule has 0 aliphatic heterocycles. The summed E-state index contributed by atoms with van der Waals surface area (Å²) in [5.41, 5.74) is 6.57. The number of aromatic nitrogens is 2. The fourth-order valence-electron chi connectivity index (χ4n) is 3.39. The minimum Gasteiger partial charge on any atom is -0.375 e. The Bertz CT molecular complexity index is 652. The van der Waals surface area contributed by atoms with Crippen molar-refractivity contribution in [1.29, 1.82) is 0 Å². The first-order valence-corrected chi connectivity index (χ1v) is 7.24. The van der Waals surface area contributed by atoms with Crippen LogP contribution in [0.4, 0.5) is 5.69 Å². The van der Waals surface area contributed by atoms with E-state index in [4.69, 9.17) is 0 Å². The largest absolute Gasteiger partial charge is 0.375 e. The fraction of sp³-hybridized carbons (Fsp3) is 0.471. The fourth-order valence-corrected chi connectivity index (χ4v) is 3.39. The highest BCUT2D eigenvalue weighted by molar-refractivity contribution is 5.55. The van der Waals surface area contributed by atoms with Gasteiger partial charge < -0.3 is 5.32 Å². The van der Waals surface area contributed by atoms with Gasteiger partial charge in [-0.15, -0.1) is 0 Å². The summed E-state index contributed by atoms with van der Waals surface area (Å²) in [7, 11) is 2.00. The van der Waals surface area contributed by atoms with E-state index < -0.39 is 0 Å². The summed E-state index contributed by atoms with van der Waals surface area (Å²) in [5.74, 6) is 0. The van der Waals surface area contributed by atoms with Gasteiger partial charge in [-0.3, -0.25) is 4.68 Å². The predicted octanol–water partition coefficient (Wildman–Crippen LogP) is 3.77. The highest BCUT2D eigenvalue weighted by Gasteiger charge is 2.39. The minimum atomic E-state index is 0.221. The van der Waals surface area contributed by atoms with Crippen LogP contribution < -0.4 is 5.32 Å². The molecule has 106 valence electrons. The number of rotatable bonds is 2. The van der Waals surface area contributed by atoms with Gasteiger partial charge in [0.25, 0.3) is 0 Å². The molecule has 1 aliphatic carbocycles. The minimum absolute atomic E-state index is 0.221. The molecule has 0 radical (unpaired) electrons. The van der Waals surface area contributed by atoms with Gasteiger partial charge in [-0.05, 0) is 36.8 Å². The van der Waals surface area contributed by atoms with Gasteiger partial charge in [0.15, 0.2) is 0 Å². The Labute approximate surface area is 121 Å². The van der Waals surface area contributed by atoms with Gasteiger partial charge in [-0.25, -0.2) is 0 Å². The van der Waals surface area contributed by atoms with E-state index in [-0.39, 0.29) is 5.41 Å². The van der Waals surface area contributed by atoms with E-state index in [2.05, 4.69) is 62.4 Å². The average molecular weight is 269 g/mol. The van der Waals surface area contributed by atoms with Crippen LogP contribution >= 0.6 is 0 Å². The lowest BCUT2D eigenvalue weighted by atomic mass is 9.85. The standard InChI is InChI=1S/C17H23N3/c1-11-15(12(2)20(5)19-11)18-16-14-9-7-6-8-13(14)10-17(16,3)4/h6-9,16,18H,10H2,1-5H3. The highest BCUT2D eigenvalue weighted by atomic mass is 15.3. The number of aryl methyl sites for hydroxylation is 2. The van der Waals surface area contributed by atoms with Gasteiger partial charge in [0.2, 0.25) is 0 Å². The Morgan fingerprint density at radius 2 is 1.95 bits per heavy atom. The number of benzene rings is 1. The Balaban J connectivity index is 2.01. The highest BCUT2D eigenvalue weighted by Crippen LogP contribution is 2.47. The Morgan fingerprint density at radius 3 is 2.60 bits per heavy atom. The van der Waals surface area contributed by atoms with Gasteiger partial charge in [0, 0.05) is 7.05 Å². The van der Waals surface area contributed by atoms with Crippen LogP contribution in [0.1, 0.15) is 42.4 Å². The zero-order valence-electron chi connectivity index (χ0n) is 13.0. The molecule has 1 heterocycles. The smallest absolute Gasteiger partial charge is 0.0828 e. The molecule has 3 rings (SSSR count). The van der Waals surface area contributed by atoms with Crippen molar-refractivity contribution in [2.45, 2.75) is 40.2 Å². The van der Waals surface area contributed by atoms with Crippen LogP contribution in [0.2, 0.25) is 0 Å². The third-order valence-corrected chi connectivity index (χ3v) is 4.59. The van der Waals surface area contributed by atoms with Crippen molar-refractivity contribution in [2.75, 3.05) is 5.32 Å². The maximum absolute atomic E-state index is 4.51. The van der Waals surface area contributed by atoms with E-state index in [0.717, 1.165) is 12.1 Å². The predicted molar refractivity (Wildman–Crippen MR) is 83.0 cm³/mol. The molecule has 3 heteroatoms. The lowest BCUT2D eigenvalue weighted by Gasteiger charge is -2.29. The number of hydrogen-bond acceptors (Lipinski definition) is 2. The van der Waals surface area contributed by atoms with E-state index >= 15 is 0 Å². The first kappa shape index (κ1) is 13.2. The van der Waals surface area contributed by atoms with Crippen LogP contribution in [0.3, 0.4) is 0 Å². The number of hydrogen-bond donors (Lipinski definition) is 1. The molecule has 1 N–H and O–H groups in total. The zero-order chi connectivity index (χ0) is 14.5. The summed E-state index contributed by atoms with van der Waals surface area (Å²) in [6, 6.07) is 9.13. The molecule has 1 atom stereocenters. The zero-order valence-corrected chi connectivity index (χ0v) is 13.0. The number of fused-ring (bicyclic) bond motifs is 1. The lowest BCUT2D eigenvalue weighted by Crippen LogP contribution is -2.25. The van der Waals surface area contributed by atoms with Crippen molar-refractivity contribution in [1.82, 2.24) is 9.78 Å². The molecule has 0 saturated heterocycles. The number of anilines is 1. The van der Waals surface area contributed by atoms with Crippen molar-refractivity contribution < 1.29 is 0 Å². The molecule has 0 spiro atoms. The SMILES string of the molecule is Cc1nn(C)c(C)c1NC1c2ccccc2CC1(C)C. The van der Waals surface area contributed by atoms with Crippen LogP contribution in [0.15, 0.2) is 24.3 Å². The second kappa shape index (κ2) is 4.37. The first-order valence-electron chi connectivity index (χ1n) is 7.24. The van der Waals surface area contributed by atoms with E-state index in [1.54, 1.807) is 0 Å². The second-order valence-electron chi connectivity index (χ2n) is 6.61. The monoisotopic (exact) mass is 269 g/mol. The summed E-state index contributed by atoms with van der Waals surface area (Å²) >= 11 is 0. The van der Waals surface area contributed by atoms with Crippen molar-refractivity contribution in [2.24, 2.45) is 12.5 Å². The summed E-state index contributed by atoms with van der Waals surface area (Å²) < 4.78 is 1.95. The Hall–Kier alpha value is -1.77. The number of nitrogens with zero attached hydrogens (tertiary/aromatic N) is 2. The molecule has 1 aromatic heterocycles. The molecular formula is C17H23N3. The normalized spacial score (nSPS) is 19.9. The van der Waals surface area contributed by atoms with Gasteiger partial charge in [0.05, 0.1) is 23.1 Å². The van der Waals surface area contributed by atoms with E-state index in [9.17, 15) is 0 Å². The van der Waals surface area contributed by atoms with Crippen LogP contribution in [0, 0.1) is 19.3 Å². The van der Waals surface area contributed by atoms with Crippen molar-refractivity contribution in [3.63, 3.8) is 0 Å². The third kappa shape index (κ3) is 1.92. The average Bonchev–Trinajstić information content (AvgIpc) is 2.77. The molecule has 3 nitrogen and oxygen atoms in total. The van der Waals surface area contributed by atoms with E-state index in [0.29, 0.717) is 6.04 Å². The quantitative estimate of drug-likeness (QED) is 0.899. The molecule has 1 aliphatic rings. The first-order chi connectivity index (χ1) is 9.40. The topological polar surface area (TPSA) is 29.9 Å². The molecule has 1 unspecified atom stereocenters. The van der Waals surface area contributed by atoms with Crippen LogP contribution in [-0.4, -0.2) is 9.78 Å². The van der Waals surface area contributed by atoms with Crippen molar-refractivity contribution in [3.05, 3.63) is 46.8 Å². The molecule has 0 amide bonds. The van der Waals surface area contributed by atoms with Crippen LogP contribution in [-0.2, 0) is 13.5 Å². The number of nitrogens with one attached hydrogen (secondary N) is 1. The third-order valence-electron chi connectivity index (χ3n) is 4.59. The maximum atomic E-state index is 4.51. The Morgan fingerprint density at radius 1 is 1.25 bits per heavy atom. The molecule has 0 fully saturated rings. The van der Waals surface area contributed by atoms with Crippen LogP contribution in [0.25, 0.3) is 0 Å². The Kier molecular flexibility index (Phi) is 2.89. The van der Waals surface area contributed by atoms with E-state index in [1.165, 1.54) is 22.5 Å². The van der Waals surface area contributed by atoms with Crippen LogP contribution in [0.5, 0.6) is 0 Å². The molecule has 0 saturated carbocycles. The summed E-state index contributed by atoms with van der Waals surface area (Å²) in [4.78, 5) is 0. The van der Waals surface area contributed by atoms with Gasteiger partial charge in [0.1, 0.15) is 0 Å². The summed E-state index contributed by atoms with van der Waals surface area (Å²) in [5, 5.41) is 8.27. The molecule has 2 aromatic rings. The van der Waals surface area contributed by atoms with E-state index in [1.807, 2.05) is 11.7 Å². The molecule has 1 aromatic carbocycles. The molecular weight excluding hydrogens is 246 g/mol. The molecule has 0 bridgehead atoms. The van der Waals surface area contributed by atoms with Crippen molar-refractivity contribution in [3.8, 4) is 0 Å². The second-order valence-corrected chi connectivity index (χ2v) is 6.61. The maximum Gasteiger partial charge on any atom is 0.0828 e. The summed E-state index contributed by atoms with van der Waals surface area (Å²) in [6.45, 7) is 8.87. The van der Waals surface area contributed by atoms with Gasteiger partial charge in [-0.2, -0.15) is 5.10 Å². The van der Waals surface area contributed by atoms with Gasteiger partial charge >= 0.3 is 0 Å². The van der Waals surface area contributed by atoms with Crippen molar-refractivity contribution >= 4 is 5.69 Å². The van der Waals surface area contributed by atoms with Gasteiger partial charge in [-0.1, -0.05) is 38.1 Å². The lowest BCUT2D eigenvalue weighted by molar-refractivity contribution is 0.337. The summed E-state index contributed by atoms with van der Waals surface area (Å²) in [6.07, 6.45) is 1.12. The molecule has 20 heavy (non-hydrogen) atoms.